The van der Waals surface area contributed by atoms with Crippen molar-refractivity contribution in [1.29, 1.82) is 0 Å². The number of amides is 1. The van der Waals surface area contributed by atoms with Gasteiger partial charge in [-0.1, -0.05) is 25.3 Å². The summed E-state index contributed by atoms with van der Waals surface area (Å²) in [6, 6.07) is 5.22. The minimum Gasteiger partial charge on any atom is -0.496 e. The lowest BCUT2D eigenvalue weighted by atomic mass is 9.74. The van der Waals surface area contributed by atoms with E-state index in [0.29, 0.717) is 24.2 Å². The van der Waals surface area contributed by atoms with Gasteiger partial charge in [-0.25, -0.2) is 0 Å². The molecule has 0 radical (unpaired) electrons. The van der Waals surface area contributed by atoms with Crippen molar-refractivity contribution in [3.05, 3.63) is 29.3 Å². The maximum atomic E-state index is 12.3. The number of carboxylic acid groups (broad SMARTS) is 1. The minimum absolute atomic E-state index is 0.178. The first kappa shape index (κ1) is 16.3. The third-order valence-corrected chi connectivity index (χ3v) is 4.52. The van der Waals surface area contributed by atoms with Crippen LogP contribution >= 0.6 is 0 Å². The summed E-state index contributed by atoms with van der Waals surface area (Å²) in [6.07, 6.45) is 4.12. The van der Waals surface area contributed by atoms with Gasteiger partial charge in [0.05, 0.1) is 12.5 Å². The van der Waals surface area contributed by atoms with Crippen LogP contribution in [0.5, 0.6) is 5.75 Å². The van der Waals surface area contributed by atoms with Gasteiger partial charge in [-0.2, -0.15) is 0 Å². The van der Waals surface area contributed by atoms with Gasteiger partial charge in [0.15, 0.2) is 0 Å². The number of carboxylic acids is 1. The molecule has 5 nitrogen and oxygen atoms in total. The molecule has 1 fully saturated rings. The Morgan fingerprint density at radius 3 is 2.55 bits per heavy atom. The molecule has 1 aliphatic rings. The Kier molecular flexibility index (Phi) is 5.06. The fourth-order valence-electron chi connectivity index (χ4n) is 3.01. The molecule has 0 saturated heterocycles. The zero-order valence-corrected chi connectivity index (χ0v) is 13.1. The van der Waals surface area contributed by atoms with Gasteiger partial charge in [0.2, 0.25) is 0 Å². The predicted octanol–water partition coefficient (Wildman–Crippen LogP) is 2.77. The highest BCUT2D eigenvalue weighted by atomic mass is 16.5. The molecule has 1 aromatic carbocycles. The third kappa shape index (κ3) is 3.40. The quantitative estimate of drug-likeness (QED) is 0.877. The summed E-state index contributed by atoms with van der Waals surface area (Å²) in [7, 11) is 1.56. The second-order valence-electron chi connectivity index (χ2n) is 6.01. The molecule has 2 N–H and O–H groups in total. The van der Waals surface area contributed by atoms with E-state index >= 15 is 0 Å². The lowest BCUT2D eigenvalue weighted by Gasteiger charge is -2.33. The molecule has 0 aromatic heterocycles. The van der Waals surface area contributed by atoms with Crippen molar-refractivity contribution in [3.8, 4) is 5.75 Å². The summed E-state index contributed by atoms with van der Waals surface area (Å²) < 4.78 is 5.21. The highest BCUT2D eigenvalue weighted by Crippen LogP contribution is 2.36. The van der Waals surface area contributed by atoms with Crippen molar-refractivity contribution in [2.45, 2.75) is 39.0 Å². The maximum Gasteiger partial charge on any atom is 0.311 e. The molecule has 0 aliphatic heterocycles. The fraction of sp³-hybridized carbons (Fsp3) is 0.529. The molecule has 0 bridgehead atoms. The van der Waals surface area contributed by atoms with Crippen molar-refractivity contribution in [1.82, 2.24) is 5.32 Å². The van der Waals surface area contributed by atoms with E-state index in [4.69, 9.17) is 4.74 Å². The van der Waals surface area contributed by atoms with Crippen molar-refractivity contribution in [2.75, 3.05) is 13.7 Å². The number of aryl methyl sites for hydroxylation is 1. The monoisotopic (exact) mass is 305 g/mol. The standard InChI is InChI=1S/C17H23NO4/c1-12-6-7-13(10-14(12)22-2)15(19)18-11-17(16(20)21)8-4-3-5-9-17/h6-7,10H,3-5,8-9,11H2,1-2H3,(H,18,19)(H,20,21). The molecule has 5 heteroatoms. The van der Waals surface area contributed by atoms with Crippen LogP contribution in [0.15, 0.2) is 18.2 Å². The number of methoxy groups -OCH3 is 1. The van der Waals surface area contributed by atoms with Crippen molar-refractivity contribution in [2.24, 2.45) is 5.41 Å². The zero-order chi connectivity index (χ0) is 16.2. The van der Waals surface area contributed by atoms with E-state index < -0.39 is 11.4 Å². The smallest absolute Gasteiger partial charge is 0.311 e. The van der Waals surface area contributed by atoms with Gasteiger partial charge in [-0.15, -0.1) is 0 Å². The molecular formula is C17H23NO4. The van der Waals surface area contributed by atoms with Crippen LogP contribution in [-0.4, -0.2) is 30.6 Å². The number of carbonyl (C=O) groups excluding carboxylic acids is 1. The van der Waals surface area contributed by atoms with Gasteiger partial charge in [-0.05, 0) is 37.5 Å². The second-order valence-corrected chi connectivity index (χ2v) is 6.01. The average molecular weight is 305 g/mol. The molecule has 22 heavy (non-hydrogen) atoms. The number of nitrogens with one attached hydrogen (secondary N) is 1. The highest BCUT2D eigenvalue weighted by Gasteiger charge is 2.39. The Hall–Kier alpha value is -2.04. The number of hydrogen-bond donors (Lipinski definition) is 2. The van der Waals surface area contributed by atoms with Gasteiger partial charge >= 0.3 is 5.97 Å². The van der Waals surface area contributed by atoms with Crippen LogP contribution in [0.25, 0.3) is 0 Å². The van der Waals surface area contributed by atoms with Gasteiger partial charge in [0.1, 0.15) is 5.75 Å². The largest absolute Gasteiger partial charge is 0.496 e. The summed E-state index contributed by atoms with van der Waals surface area (Å²) in [5.74, 6) is -0.420. The van der Waals surface area contributed by atoms with E-state index in [1.807, 2.05) is 13.0 Å². The molecule has 0 heterocycles. The molecule has 2 rings (SSSR count). The molecule has 1 saturated carbocycles. The van der Waals surface area contributed by atoms with Crippen LogP contribution < -0.4 is 10.1 Å². The number of hydrogen-bond acceptors (Lipinski definition) is 3. The van der Waals surface area contributed by atoms with E-state index in [1.54, 1.807) is 19.2 Å². The van der Waals surface area contributed by atoms with E-state index in [-0.39, 0.29) is 12.5 Å². The Morgan fingerprint density at radius 1 is 1.27 bits per heavy atom. The maximum absolute atomic E-state index is 12.3. The Labute approximate surface area is 130 Å². The van der Waals surface area contributed by atoms with Crippen LogP contribution in [0, 0.1) is 12.3 Å². The predicted molar refractivity (Wildman–Crippen MR) is 83.2 cm³/mol. The highest BCUT2D eigenvalue weighted by molar-refractivity contribution is 5.95. The third-order valence-electron chi connectivity index (χ3n) is 4.52. The first-order chi connectivity index (χ1) is 10.5. The lowest BCUT2D eigenvalue weighted by Crippen LogP contribution is -2.44. The van der Waals surface area contributed by atoms with Gasteiger partial charge < -0.3 is 15.2 Å². The summed E-state index contributed by atoms with van der Waals surface area (Å²) in [5.41, 5.74) is 0.620. The minimum atomic E-state index is -0.817. The van der Waals surface area contributed by atoms with Crippen LogP contribution in [0.3, 0.4) is 0 Å². The SMILES string of the molecule is COc1cc(C(=O)NCC2(C(=O)O)CCCCC2)ccc1C. The van der Waals surface area contributed by atoms with Crippen LogP contribution in [0.2, 0.25) is 0 Å². The molecule has 0 spiro atoms. The number of rotatable bonds is 5. The number of ether oxygens (including phenoxy) is 1. The Morgan fingerprint density at radius 2 is 1.95 bits per heavy atom. The van der Waals surface area contributed by atoms with Crippen molar-refractivity contribution >= 4 is 11.9 Å². The second kappa shape index (κ2) is 6.81. The summed E-state index contributed by atoms with van der Waals surface area (Å²) in [4.78, 5) is 23.9. The first-order valence-electron chi connectivity index (χ1n) is 7.65. The lowest BCUT2D eigenvalue weighted by molar-refractivity contribution is -0.150. The molecule has 1 aromatic rings. The van der Waals surface area contributed by atoms with E-state index in [2.05, 4.69) is 5.32 Å². The molecule has 1 amide bonds. The number of aliphatic carboxylic acids is 1. The average Bonchev–Trinajstić information content (AvgIpc) is 2.53. The fourth-order valence-corrected chi connectivity index (χ4v) is 3.01. The summed E-state index contributed by atoms with van der Waals surface area (Å²) >= 11 is 0. The topological polar surface area (TPSA) is 75.6 Å². The molecule has 1 aliphatic carbocycles. The van der Waals surface area contributed by atoms with Crippen LogP contribution in [0.1, 0.15) is 48.0 Å². The van der Waals surface area contributed by atoms with Gasteiger partial charge in [0, 0.05) is 12.1 Å². The molecule has 0 unspecified atom stereocenters. The Balaban J connectivity index is 2.06. The normalized spacial score (nSPS) is 16.8. The van der Waals surface area contributed by atoms with Crippen LogP contribution in [0.4, 0.5) is 0 Å². The first-order valence-corrected chi connectivity index (χ1v) is 7.65. The van der Waals surface area contributed by atoms with Gasteiger partial charge in [-0.3, -0.25) is 9.59 Å². The van der Waals surface area contributed by atoms with Crippen LogP contribution in [-0.2, 0) is 4.79 Å². The number of benzene rings is 1. The molecule has 120 valence electrons. The van der Waals surface area contributed by atoms with Crippen molar-refractivity contribution < 1.29 is 19.4 Å². The Bertz CT molecular complexity index is 562. The van der Waals surface area contributed by atoms with Crippen molar-refractivity contribution in [3.63, 3.8) is 0 Å². The van der Waals surface area contributed by atoms with E-state index in [0.717, 1.165) is 24.8 Å². The molecule has 0 atom stereocenters. The van der Waals surface area contributed by atoms with Gasteiger partial charge in [0.25, 0.3) is 5.91 Å². The zero-order valence-electron chi connectivity index (χ0n) is 13.1. The summed E-state index contributed by atoms with van der Waals surface area (Å²) in [5, 5.41) is 12.3. The van der Waals surface area contributed by atoms with E-state index in [9.17, 15) is 14.7 Å². The molecular weight excluding hydrogens is 282 g/mol. The number of carbonyl (C=O) groups is 2. The summed E-state index contributed by atoms with van der Waals surface area (Å²) in [6.45, 7) is 2.08. The van der Waals surface area contributed by atoms with E-state index in [1.165, 1.54) is 0 Å².